The molecule has 1 aromatic carbocycles. The van der Waals surface area contributed by atoms with Crippen LogP contribution in [0.15, 0.2) is 42.9 Å². The Bertz CT molecular complexity index is 969. The summed E-state index contributed by atoms with van der Waals surface area (Å²) in [5.41, 5.74) is 1.68. The number of benzene rings is 1. The standard InChI is InChI=1S/C19H20N6O/c1-24-17-15(10-22-24)18(21-11-20-17)25-13-7-8-16(25)14(9-13)19(26)23-12-5-3-2-4-6-12/h2-6,10-11,13-14,16H,7-9H2,1H3,(H,23,26)/t13-,14-,16-/m0/s1. The second-order valence-corrected chi connectivity index (χ2v) is 7.11. The van der Waals surface area contributed by atoms with Crippen LogP contribution in [0, 0.1) is 5.92 Å². The average molecular weight is 348 g/mol. The van der Waals surface area contributed by atoms with E-state index in [4.69, 9.17) is 0 Å². The van der Waals surface area contributed by atoms with Gasteiger partial charge in [0.2, 0.25) is 5.91 Å². The number of carbonyl (C=O) groups excluding carboxylic acids is 1. The number of fused-ring (bicyclic) bond motifs is 3. The van der Waals surface area contributed by atoms with E-state index in [9.17, 15) is 4.79 Å². The molecule has 1 N–H and O–H groups in total. The zero-order chi connectivity index (χ0) is 17.7. The average Bonchev–Trinajstić information content (AvgIpc) is 3.35. The molecule has 2 aromatic heterocycles. The van der Waals surface area contributed by atoms with Crippen molar-refractivity contribution >= 4 is 28.4 Å². The number of aryl methyl sites for hydroxylation is 1. The smallest absolute Gasteiger partial charge is 0.229 e. The molecule has 1 amide bonds. The summed E-state index contributed by atoms with van der Waals surface area (Å²) < 4.78 is 1.76. The zero-order valence-electron chi connectivity index (χ0n) is 14.5. The van der Waals surface area contributed by atoms with Crippen LogP contribution in [0.5, 0.6) is 0 Å². The molecule has 2 bridgehead atoms. The van der Waals surface area contributed by atoms with E-state index in [-0.39, 0.29) is 17.9 Å². The van der Waals surface area contributed by atoms with E-state index in [2.05, 4.69) is 25.3 Å². The zero-order valence-corrected chi connectivity index (χ0v) is 14.5. The highest BCUT2D eigenvalue weighted by molar-refractivity contribution is 5.95. The van der Waals surface area contributed by atoms with E-state index in [0.29, 0.717) is 6.04 Å². The molecule has 0 unspecified atom stereocenters. The van der Waals surface area contributed by atoms with Crippen molar-refractivity contribution in [3.63, 3.8) is 0 Å². The number of nitrogens with zero attached hydrogens (tertiary/aromatic N) is 5. The van der Waals surface area contributed by atoms with Crippen LogP contribution in [-0.2, 0) is 11.8 Å². The molecule has 0 spiro atoms. The maximum Gasteiger partial charge on any atom is 0.229 e. The summed E-state index contributed by atoms with van der Waals surface area (Å²) in [4.78, 5) is 24.1. The number of hydrogen-bond acceptors (Lipinski definition) is 5. The number of aromatic nitrogens is 4. The number of carbonyl (C=O) groups is 1. The number of amides is 1. The Kier molecular flexibility index (Phi) is 3.41. The maximum atomic E-state index is 12.9. The molecular formula is C19H20N6O. The lowest BCUT2D eigenvalue weighted by atomic mass is 9.88. The Hall–Kier alpha value is -2.96. The van der Waals surface area contributed by atoms with Crippen LogP contribution < -0.4 is 10.2 Å². The number of rotatable bonds is 3. The van der Waals surface area contributed by atoms with Crippen molar-refractivity contribution in [2.24, 2.45) is 13.0 Å². The van der Waals surface area contributed by atoms with Crippen LogP contribution >= 0.6 is 0 Å². The van der Waals surface area contributed by atoms with Gasteiger partial charge in [-0.15, -0.1) is 0 Å². The first-order valence-corrected chi connectivity index (χ1v) is 8.99. The Morgan fingerprint density at radius 1 is 1.19 bits per heavy atom. The molecule has 5 rings (SSSR count). The van der Waals surface area contributed by atoms with Gasteiger partial charge in [0.05, 0.1) is 17.5 Å². The van der Waals surface area contributed by atoms with Crippen molar-refractivity contribution in [3.05, 3.63) is 42.9 Å². The molecule has 7 nitrogen and oxygen atoms in total. The Balaban J connectivity index is 1.44. The molecule has 4 heterocycles. The van der Waals surface area contributed by atoms with Gasteiger partial charge >= 0.3 is 0 Å². The van der Waals surface area contributed by atoms with Crippen LogP contribution in [0.1, 0.15) is 19.3 Å². The van der Waals surface area contributed by atoms with Gasteiger partial charge < -0.3 is 10.2 Å². The number of para-hydroxylation sites is 1. The monoisotopic (exact) mass is 348 g/mol. The minimum atomic E-state index is -0.0179. The molecule has 2 fully saturated rings. The third-order valence-corrected chi connectivity index (χ3v) is 5.67. The quantitative estimate of drug-likeness (QED) is 0.786. The summed E-state index contributed by atoms with van der Waals surface area (Å²) in [5, 5.41) is 8.34. The minimum Gasteiger partial charge on any atom is -0.349 e. The second-order valence-electron chi connectivity index (χ2n) is 7.11. The van der Waals surface area contributed by atoms with Crippen LogP contribution in [0.2, 0.25) is 0 Å². The number of nitrogens with one attached hydrogen (secondary N) is 1. The molecule has 3 aromatic rings. The van der Waals surface area contributed by atoms with Gasteiger partial charge in [-0.2, -0.15) is 5.10 Å². The number of anilines is 2. The summed E-state index contributed by atoms with van der Waals surface area (Å²) in [6.45, 7) is 0. The van der Waals surface area contributed by atoms with Gasteiger partial charge in [0, 0.05) is 24.8 Å². The third-order valence-electron chi connectivity index (χ3n) is 5.67. The van der Waals surface area contributed by atoms with Gasteiger partial charge in [-0.25, -0.2) is 9.97 Å². The Labute approximate surface area is 151 Å². The summed E-state index contributed by atoms with van der Waals surface area (Å²) in [7, 11) is 1.88. The van der Waals surface area contributed by atoms with E-state index in [1.54, 1.807) is 11.0 Å². The van der Waals surface area contributed by atoms with Gasteiger partial charge in [0.25, 0.3) is 0 Å². The molecular weight excluding hydrogens is 328 g/mol. The SMILES string of the molecule is Cn1ncc2c(N3[C@H]4CC[C@H]3[C@@H](C(=O)Nc3ccccc3)C4)ncnc21. The lowest BCUT2D eigenvalue weighted by molar-refractivity contribution is -0.120. The molecule has 0 radical (unpaired) electrons. The fraction of sp³-hybridized carbons (Fsp3) is 0.368. The first kappa shape index (κ1) is 15.3. The summed E-state index contributed by atoms with van der Waals surface area (Å²) in [6.07, 6.45) is 6.40. The van der Waals surface area contributed by atoms with Crippen molar-refractivity contribution in [3.8, 4) is 0 Å². The van der Waals surface area contributed by atoms with Gasteiger partial charge in [-0.1, -0.05) is 18.2 Å². The lowest BCUT2D eigenvalue weighted by Crippen LogP contribution is -2.36. The maximum absolute atomic E-state index is 12.9. The molecule has 0 aliphatic carbocycles. The van der Waals surface area contributed by atoms with Gasteiger partial charge in [0.15, 0.2) is 5.65 Å². The molecule has 132 valence electrons. The third kappa shape index (κ3) is 2.27. The van der Waals surface area contributed by atoms with Gasteiger partial charge in [-0.05, 0) is 31.4 Å². The fourth-order valence-electron chi connectivity index (χ4n) is 4.51. The van der Waals surface area contributed by atoms with E-state index >= 15 is 0 Å². The minimum absolute atomic E-state index is 0.0179. The van der Waals surface area contributed by atoms with Crippen LogP contribution in [-0.4, -0.2) is 37.7 Å². The Morgan fingerprint density at radius 2 is 2.04 bits per heavy atom. The summed E-state index contributed by atoms with van der Waals surface area (Å²) in [5.74, 6) is 0.992. The first-order valence-electron chi connectivity index (χ1n) is 8.99. The van der Waals surface area contributed by atoms with Crippen molar-refractivity contribution < 1.29 is 4.79 Å². The summed E-state index contributed by atoms with van der Waals surface area (Å²) in [6, 6.07) is 10.2. The van der Waals surface area contributed by atoms with Gasteiger partial charge in [0.1, 0.15) is 12.1 Å². The van der Waals surface area contributed by atoms with Crippen molar-refractivity contribution in [1.82, 2.24) is 19.7 Å². The predicted molar refractivity (Wildman–Crippen MR) is 98.8 cm³/mol. The van der Waals surface area contributed by atoms with E-state index in [1.807, 2.05) is 43.6 Å². The molecule has 3 atom stereocenters. The molecule has 0 saturated carbocycles. The lowest BCUT2D eigenvalue weighted by Gasteiger charge is -2.25. The Morgan fingerprint density at radius 3 is 2.88 bits per heavy atom. The van der Waals surface area contributed by atoms with Crippen molar-refractivity contribution in [1.29, 1.82) is 0 Å². The van der Waals surface area contributed by atoms with E-state index in [0.717, 1.165) is 41.8 Å². The normalized spacial score (nSPS) is 24.3. The first-order chi connectivity index (χ1) is 12.7. The van der Waals surface area contributed by atoms with Crippen LogP contribution in [0.3, 0.4) is 0 Å². The summed E-state index contributed by atoms with van der Waals surface area (Å²) >= 11 is 0. The van der Waals surface area contributed by atoms with Crippen LogP contribution in [0.25, 0.3) is 11.0 Å². The highest BCUT2D eigenvalue weighted by Crippen LogP contribution is 2.45. The molecule has 2 saturated heterocycles. The highest BCUT2D eigenvalue weighted by Gasteiger charge is 2.50. The van der Waals surface area contributed by atoms with Crippen LogP contribution in [0.4, 0.5) is 11.5 Å². The molecule has 2 aliphatic rings. The van der Waals surface area contributed by atoms with E-state index < -0.39 is 0 Å². The topological polar surface area (TPSA) is 75.9 Å². The van der Waals surface area contributed by atoms with Crippen molar-refractivity contribution in [2.75, 3.05) is 10.2 Å². The largest absolute Gasteiger partial charge is 0.349 e. The van der Waals surface area contributed by atoms with Crippen molar-refractivity contribution in [2.45, 2.75) is 31.3 Å². The highest BCUT2D eigenvalue weighted by atomic mass is 16.2. The molecule has 26 heavy (non-hydrogen) atoms. The second kappa shape index (κ2) is 5.79. The number of hydrogen-bond donors (Lipinski definition) is 1. The fourth-order valence-corrected chi connectivity index (χ4v) is 4.51. The molecule has 7 heteroatoms. The van der Waals surface area contributed by atoms with Gasteiger partial charge in [-0.3, -0.25) is 9.48 Å². The predicted octanol–water partition coefficient (Wildman–Crippen LogP) is 2.36. The molecule has 2 aliphatic heterocycles. The van der Waals surface area contributed by atoms with E-state index in [1.165, 1.54) is 0 Å².